The summed E-state index contributed by atoms with van der Waals surface area (Å²) in [7, 11) is 1.59. The van der Waals surface area contributed by atoms with Gasteiger partial charge in [0, 0.05) is 16.3 Å². The summed E-state index contributed by atoms with van der Waals surface area (Å²) in [4.78, 5) is 18.1. The van der Waals surface area contributed by atoms with Gasteiger partial charge in [0.15, 0.2) is 5.13 Å². The van der Waals surface area contributed by atoms with Crippen LogP contribution in [0.3, 0.4) is 0 Å². The first-order valence-electron chi connectivity index (χ1n) is 7.84. The van der Waals surface area contributed by atoms with E-state index < -0.39 is 0 Å². The third kappa shape index (κ3) is 3.53. The third-order valence-corrected chi connectivity index (χ3v) is 6.52. The number of methoxy groups -OCH3 is 1. The number of thiazole rings is 1. The van der Waals surface area contributed by atoms with Gasteiger partial charge in [0.25, 0.3) is 5.91 Å². The molecule has 0 aliphatic rings. The van der Waals surface area contributed by atoms with E-state index in [-0.39, 0.29) is 11.7 Å². The standard InChI is InChI=1S/C19H12ClFN2O2S2/c1-25-12-6-7-13-14(8-12)26-17(16(13)20)18(24)23-19-22-9-15(27-19)10-2-4-11(21)5-3-10/h2-9H,1H3,(H,22,23,24). The lowest BCUT2D eigenvalue weighted by molar-refractivity contribution is 0.103. The Morgan fingerprint density at radius 3 is 2.70 bits per heavy atom. The number of amides is 1. The van der Waals surface area contributed by atoms with Crippen LogP contribution in [0.2, 0.25) is 5.02 Å². The molecule has 0 spiro atoms. The lowest BCUT2D eigenvalue weighted by Crippen LogP contribution is -2.10. The van der Waals surface area contributed by atoms with Crippen molar-refractivity contribution < 1.29 is 13.9 Å². The molecule has 0 fully saturated rings. The van der Waals surface area contributed by atoms with E-state index in [0.717, 1.165) is 20.5 Å². The molecule has 2 heterocycles. The van der Waals surface area contributed by atoms with Crippen molar-refractivity contribution in [2.45, 2.75) is 0 Å². The molecule has 8 heteroatoms. The zero-order valence-electron chi connectivity index (χ0n) is 14.0. The quantitative estimate of drug-likeness (QED) is 0.437. The Bertz CT molecular complexity index is 1140. The summed E-state index contributed by atoms with van der Waals surface area (Å²) in [5.41, 5.74) is 0.835. The molecule has 0 atom stereocenters. The van der Waals surface area contributed by atoms with E-state index in [0.29, 0.717) is 20.8 Å². The van der Waals surface area contributed by atoms with Crippen molar-refractivity contribution in [1.82, 2.24) is 4.98 Å². The minimum absolute atomic E-state index is 0.298. The first-order chi connectivity index (χ1) is 13.0. The average molecular weight is 419 g/mol. The molecule has 0 aliphatic carbocycles. The highest BCUT2D eigenvalue weighted by Gasteiger charge is 2.19. The summed E-state index contributed by atoms with van der Waals surface area (Å²) < 4.78 is 19.1. The molecule has 0 aliphatic heterocycles. The highest BCUT2D eigenvalue weighted by atomic mass is 35.5. The maximum Gasteiger partial charge on any atom is 0.269 e. The molecule has 27 heavy (non-hydrogen) atoms. The Balaban J connectivity index is 1.58. The van der Waals surface area contributed by atoms with E-state index in [1.54, 1.807) is 31.5 Å². The first kappa shape index (κ1) is 17.9. The fourth-order valence-corrected chi connectivity index (χ4v) is 4.81. The van der Waals surface area contributed by atoms with Gasteiger partial charge in [-0.2, -0.15) is 0 Å². The molecule has 2 aromatic heterocycles. The van der Waals surface area contributed by atoms with Gasteiger partial charge in [-0.1, -0.05) is 35.1 Å². The van der Waals surface area contributed by atoms with Crippen LogP contribution in [0.25, 0.3) is 20.5 Å². The number of nitrogens with zero attached hydrogens (tertiary/aromatic N) is 1. The Hall–Kier alpha value is -2.48. The average Bonchev–Trinajstić information content (AvgIpc) is 3.26. The zero-order chi connectivity index (χ0) is 19.0. The molecular weight excluding hydrogens is 407 g/mol. The number of rotatable bonds is 4. The Morgan fingerprint density at radius 2 is 1.96 bits per heavy atom. The minimum atomic E-state index is -0.319. The fourth-order valence-electron chi connectivity index (χ4n) is 2.55. The van der Waals surface area contributed by atoms with Crippen LogP contribution in [-0.2, 0) is 0 Å². The van der Waals surface area contributed by atoms with Crippen molar-refractivity contribution in [3.05, 3.63) is 64.4 Å². The van der Waals surface area contributed by atoms with E-state index in [1.807, 2.05) is 12.1 Å². The largest absolute Gasteiger partial charge is 0.497 e. The third-order valence-electron chi connectivity index (χ3n) is 3.90. The van der Waals surface area contributed by atoms with Crippen LogP contribution >= 0.6 is 34.3 Å². The molecule has 4 aromatic rings. The number of anilines is 1. The van der Waals surface area contributed by atoms with E-state index in [1.165, 1.54) is 34.8 Å². The first-order valence-corrected chi connectivity index (χ1v) is 9.85. The van der Waals surface area contributed by atoms with E-state index in [2.05, 4.69) is 10.3 Å². The Labute approximate surface area is 167 Å². The van der Waals surface area contributed by atoms with Gasteiger partial charge in [0.1, 0.15) is 16.4 Å². The number of carbonyl (C=O) groups is 1. The number of ether oxygens (including phenoxy) is 1. The van der Waals surface area contributed by atoms with Crippen molar-refractivity contribution in [2.75, 3.05) is 12.4 Å². The van der Waals surface area contributed by atoms with Crippen molar-refractivity contribution in [1.29, 1.82) is 0 Å². The van der Waals surface area contributed by atoms with E-state index >= 15 is 0 Å². The van der Waals surface area contributed by atoms with Crippen LogP contribution in [0.5, 0.6) is 5.75 Å². The molecule has 4 rings (SSSR count). The molecule has 2 aromatic carbocycles. The second kappa shape index (κ2) is 7.26. The molecular formula is C19H12ClFN2O2S2. The molecule has 0 saturated carbocycles. The van der Waals surface area contributed by atoms with Crippen LogP contribution in [-0.4, -0.2) is 18.0 Å². The second-order valence-electron chi connectivity index (χ2n) is 5.60. The van der Waals surface area contributed by atoms with Crippen molar-refractivity contribution in [2.24, 2.45) is 0 Å². The second-order valence-corrected chi connectivity index (χ2v) is 8.06. The number of benzene rings is 2. The van der Waals surface area contributed by atoms with Gasteiger partial charge in [0.2, 0.25) is 0 Å². The lowest BCUT2D eigenvalue weighted by Gasteiger charge is -1.99. The monoisotopic (exact) mass is 418 g/mol. The SMILES string of the molecule is COc1ccc2c(Cl)c(C(=O)Nc3ncc(-c4ccc(F)cc4)s3)sc2c1. The van der Waals surface area contributed by atoms with Crippen LogP contribution < -0.4 is 10.1 Å². The Kier molecular flexibility index (Phi) is 4.82. The zero-order valence-corrected chi connectivity index (χ0v) is 16.3. The number of hydrogen-bond acceptors (Lipinski definition) is 5. The van der Waals surface area contributed by atoms with Gasteiger partial charge in [-0.25, -0.2) is 9.37 Å². The normalized spacial score (nSPS) is 10.9. The predicted octanol–water partition coefficient (Wildman–Crippen LogP) is 6.08. The molecule has 0 saturated heterocycles. The van der Waals surface area contributed by atoms with Gasteiger partial charge < -0.3 is 4.74 Å². The number of halogens is 2. The minimum Gasteiger partial charge on any atom is -0.497 e. The van der Waals surface area contributed by atoms with Gasteiger partial charge >= 0.3 is 0 Å². The Morgan fingerprint density at radius 1 is 1.19 bits per heavy atom. The van der Waals surface area contributed by atoms with Gasteiger partial charge in [0.05, 0.1) is 17.0 Å². The van der Waals surface area contributed by atoms with Gasteiger partial charge in [-0.3, -0.25) is 10.1 Å². The lowest BCUT2D eigenvalue weighted by atomic mass is 10.2. The van der Waals surface area contributed by atoms with E-state index in [9.17, 15) is 9.18 Å². The maximum atomic E-state index is 13.1. The number of thiophene rings is 1. The summed E-state index contributed by atoms with van der Waals surface area (Å²) >= 11 is 8.99. The van der Waals surface area contributed by atoms with Crippen molar-refractivity contribution in [3.63, 3.8) is 0 Å². The maximum absolute atomic E-state index is 13.1. The molecule has 4 nitrogen and oxygen atoms in total. The fraction of sp³-hybridized carbons (Fsp3) is 0.0526. The number of carbonyl (C=O) groups excluding carboxylic acids is 1. The summed E-state index contributed by atoms with van der Waals surface area (Å²) in [6, 6.07) is 11.6. The summed E-state index contributed by atoms with van der Waals surface area (Å²) in [6.07, 6.45) is 1.64. The van der Waals surface area contributed by atoms with Crippen LogP contribution in [0, 0.1) is 5.82 Å². The smallest absolute Gasteiger partial charge is 0.269 e. The molecule has 1 N–H and O–H groups in total. The van der Waals surface area contributed by atoms with Crippen LogP contribution in [0.1, 0.15) is 9.67 Å². The van der Waals surface area contributed by atoms with Gasteiger partial charge in [-0.15, -0.1) is 11.3 Å². The molecule has 0 radical (unpaired) electrons. The summed E-state index contributed by atoms with van der Waals surface area (Å²) in [6.45, 7) is 0. The topological polar surface area (TPSA) is 51.2 Å². The summed E-state index contributed by atoms with van der Waals surface area (Å²) in [5, 5.41) is 4.44. The number of fused-ring (bicyclic) bond motifs is 1. The number of hydrogen-bond donors (Lipinski definition) is 1. The number of nitrogens with one attached hydrogen (secondary N) is 1. The predicted molar refractivity (Wildman–Crippen MR) is 109 cm³/mol. The van der Waals surface area contributed by atoms with Crippen LogP contribution in [0.15, 0.2) is 48.7 Å². The number of aromatic nitrogens is 1. The van der Waals surface area contributed by atoms with Crippen LogP contribution in [0.4, 0.5) is 9.52 Å². The molecule has 1 amide bonds. The molecule has 136 valence electrons. The highest BCUT2D eigenvalue weighted by Crippen LogP contribution is 2.38. The highest BCUT2D eigenvalue weighted by molar-refractivity contribution is 7.22. The van der Waals surface area contributed by atoms with Crippen molar-refractivity contribution >= 4 is 55.4 Å². The molecule has 0 unspecified atom stereocenters. The van der Waals surface area contributed by atoms with E-state index in [4.69, 9.17) is 16.3 Å². The summed E-state index contributed by atoms with van der Waals surface area (Å²) in [5.74, 6) is 0.0873. The molecule has 0 bridgehead atoms. The van der Waals surface area contributed by atoms with Gasteiger partial charge in [-0.05, 0) is 35.9 Å². The van der Waals surface area contributed by atoms with Crippen molar-refractivity contribution in [3.8, 4) is 16.2 Å².